The maximum atomic E-state index is 12.9. The molecule has 2 N–H and O–H groups in total. The summed E-state index contributed by atoms with van der Waals surface area (Å²) in [6, 6.07) is 13.3. The Balaban J connectivity index is 2.05. The standard InChI is InChI=1S/C22H17N3O6/c1-29-14-10-6-9-13(18(14)30-2)15-16-20(27)23-11-24-21(16)31-22(28)17(15)25-19(26)12-7-4-3-5-8-12/h3-11H,1-2H3,(H,25,26)(H,23,24,27). The molecule has 0 aliphatic carbocycles. The number of hydrogen-bond acceptors (Lipinski definition) is 7. The van der Waals surface area contributed by atoms with Gasteiger partial charge in [-0.25, -0.2) is 9.78 Å². The third-order valence-electron chi connectivity index (χ3n) is 4.66. The number of rotatable bonds is 5. The van der Waals surface area contributed by atoms with E-state index in [1.54, 1.807) is 48.5 Å². The number of ether oxygens (including phenoxy) is 2. The van der Waals surface area contributed by atoms with Gasteiger partial charge in [-0.05, 0) is 18.2 Å². The fourth-order valence-corrected chi connectivity index (χ4v) is 3.29. The summed E-state index contributed by atoms with van der Waals surface area (Å²) in [5, 5.41) is 2.56. The Morgan fingerprint density at radius 3 is 2.52 bits per heavy atom. The third-order valence-corrected chi connectivity index (χ3v) is 4.66. The average molecular weight is 419 g/mol. The van der Waals surface area contributed by atoms with E-state index in [9.17, 15) is 14.4 Å². The molecule has 0 fully saturated rings. The predicted molar refractivity (Wildman–Crippen MR) is 114 cm³/mol. The zero-order valence-electron chi connectivity index (χ0n) is 16.6. The van der Waals surface area contributed by atoms with E-state index in [1.807, 2.05) is 0 Å². The number of anilines is 1. The van der Waals surface area contributed by atoms with E-state index in [4.69, 9.17) is 13.9 Å². The highest BCUT2D eigenvalue weighted by Gasteiger charge is 2.25. The largest absolute Gasteiger partial charge is 0.493 e. The topological polar surface area (TPSA) is 124 Å². The minimum Gasteiger partial charge on any atom is -0.493 e. The van der Waals surface area contributed by atoms with Crippen molar-refractivity contribution in [1.82, 2.24) is 9.97 Å². The van der Waals surface area contributed by atoms with E-state index in [0.717, 1.165) is 6.33 Å². The van der Waals surface area contributed by atoms with Crippen LogP contribution in [-0.4, -0.2) is 30.1 Å². The Bertz CT molecular complexity index is 1390. The summed E-state index contributed by atoms with van der Waals surface area (Å²) in [6.07, 6.45) is 1.13. The lowest BCUT2D eigenvalue weighted by atomic mass is 10.00. The lowest BCUT2D eigenvalue weighted by Crippen LogP contribution is -2.21. The highest BCUT2D eigenvalue weighted by Crippen LogP contribution is 2.42. The van der Waals surface area contributed by atoms with E-state index in [1.165, 1.54) is 14.2 Å². The van der Waals surface area contributed by atoms with Crippen LogP contribution in [0, 0.1) is 0 Å². The van der Waals surface area contributed by atoms with Gasteiger partial charge in [0.15, 0.2) is 11.5 Å². The van der Waals surface area contributed by atoms with Gasteiger partial charge in [-0.3, -0.25) is 9.59 Å². The number of aromatic amines is 1. The second kappa shape index (κ2) is 8.15. The molecular formula is C22H17N3O6. The van der Waals surface area contributed by atoms with Crippen molar-refractivity contribution >= 4 is 22.7 Å². The van der Waals surface area contributed by atoms with Crippen molar-refractivity contribution in [3.63, 3.8) is 0 Å². The Labute approximate surface area is 175 Å². The van der Waals surface area contributed by atoms with Crippen LogP contribution in [0.3, 0.4) is 0 Å². The van der Waals surface area contributed by atoms with Crippen molar-refractivity contribution in [3.05, 3.63) is 81.2 Å². The van der Waals surface area contributed by atoms with Crippen molar-refractivity contribution in [2.75, 3.05) is 19.5 Å². The molecule has 1 amide bonds. The van der Waals surface area contributed by atoms with Gasteiger partial charge in [0.05, 0.1) is 20.5 Å². The lowest BCUT2D eigenvalue weighted by Gasteiger charge is -2.16. The molecule has 0 bridgehead atoms. The zero-order valence-corrected chi connectivity index (χ0v) is 16.6. The molecule has 0 aliphatic rings. The molecule has 31 heavy (non-hydrogen) atoms. The van der Waals surface area contributed by atoms with E-state index in [-0.39, 0.29) is 28.1 Å². The normalized spacial score (nSPS) is 10.6. The maximum absolute atomic E-state index is 12.9. The number of methoxy groups -OCH3 is 2. The molecule has 0 atom stereocenters. The van der Waals surface area contributed by atoms with Gasteiger partial charge in [0, 0.05) is 16.7 Å². The maximum Gasteiger partial charge on any atom is 0.362 e. The number of nitrogens with one attached hydrogen (secondary N) is 2. The Morgan fingerprint density at radius 1 is 1.03 bits per heavy atom. The van der Waals surface area contributed by atoms with Crippen molar-refractivity contribution in [3.8, 4) is 22.6 Å². The van der Waals surface area contributed by atoms with E-state index >= 15 is 0 Å². The van der Waals surface area contributed by atoms with Gasteiger partial charge in [-0.2, -0.15) is 0 Å². The second-order valence-electron chi connectivity index (χ2n) is 6.41. The van der Waals surface area contributed by atoms with Gasteiger partial charge in [0.1, 0.15) is 11.1 Å². The van der Waals surface area contributed by atoms with Crippen molar-refractivity contribution in [2.24, 2.45) is 0 Å². The molecule has 4 rings (SSSR count). The molecule has 2 aromatic carbocycles. The Morgan fingerprint density at radius 2 is 1.81 bits per heavy atom. The van der Waals surface area contributed by atoms with Gasteiger partial charge >= 0.3 is 5.63 Å². The monoisotopic (exact) mass is 419 g/mol. The highest BCUT2D eigenvalue weighted by molar-refractivity contribution is 6.09. The van der Waals surface area contributed by atoms with Crippen LogP contribution in [0.2, 0.25) is 0 Å². The first-order chi connectivity index (χ1) is 15.0. The summed E-state index contributed by atoms with van der Waals surface area (Å²) < 4.78 is 16.1. The van der Waals surface area contributed by atoms with Crippen LogP contribution in [0.25, 0.3) is 22.2 Å². The molecule has 2 aromatic heterocycles. The number of hydrogen-bond donors (Lipinski definition) is 2. The molecule has 0 saturated carbocycles. The van der Waals surface area contributed by atoms with Gasteiger partial charge < -0.3 is 24.2 Å². The summed E-state index contributed by atoms with van der Waals surface area (Å²) in [5.41, 5.74) is -1.02. The van der Waals surface area contributed by atoms with Gasteiger partial charge in [-0.1, -0.05) is 30.3 Å². The molecule has 0 saturated heterocycles. The molecule has 4 aromatic rings. The predicted octanol–water partition coefficient (Wildman–Crippen LogP) is 2.81. The summed E-state index contributed by atoms with van der Waals surface area (Å²) in [4.78, 5) is 44.8. The van der Waals surface area contributed by atoms with Crippen LogP contribution < -0.4 is 26.0 Å². The molecule has 2 heterocycles. The molecular weight excluding hydrogens is 402 g/mol. The van der Waals surface area contributed by atoms with Crippen molar-refractivity contribution in [2.45, 2.75) is 0 Å². The number of para-hydroxylation sites is 1. The van der Waals surface area contributed by atoms with Crippen molar-refractivity contribution < 1.29 is 18.7 Å². The lowest BCUT2D eigenvalue weighted by molar-refractivity contribution is 0.102. The van der Waals surface area contributed by atoms with Gasteiger partial charge in [0.25, 0.3) is 11.5 Å². The van der Waals surface area contributed by atoms with Crippen LogP contribution in [0.5, 0.6) is 11.5 Å². The van der Waals surface area contributed by atoms with Gasteiger partial charge in [-0.15, -0.1) is 0 Å². The number of amides is 1. The number of carbonyl (C=O) groups excluding carboxylic acids is 1. The van der Waals surface area contributed by atoms with Crippen LogP contribution in [-0.2, 0) is 0 Å². The summed E-state index contributed by atoms with van der Waals surface area (Å²) in [7, 11) is 2.89. The Hall–Kier alpha value is -4.40. The molecule has 0 radical (unpaired) electrons. The fraction of sp³-hybridized carbons (Fsp3) is 0.0909. The van der Waals surface area contributed by atoms with Crippen LogP contribution in [0.1, 0.15) is 10.4 Å². The summed E-state index contributed by atoms with van der Waals surface area (Å²) >= 11 is 0. The smallest absolute Gasteiger partial charge is 0.362 e. The minimum atomic E-state index is -0.866. The van der Waals surface area contributed by atoms with Gasteiger partial charge in [0.2, 0.25) is 5.71 Å². The summed E-state index contributed by atoms with van der Waals surface area (Å²) in [5.74, 6) is 0.105. The van der Waals surface area contributed by atoms with E-state index in [2.05, 4.69) is 15.3 Å². The average Bonchev–Trinajstić information content (AvgIpc) is 2.79. The molecule has 9 nitrogen and oxygen atoms in total. The SMILES string of the molecule is COc1cccc(-c2c(NC(=O)c3ccccc3)c(=O)oc3nc[nH]c(=O)c23)c1OC. The number of carbonyl (C=O) groups is 1. The molecule has 156 valence electrons. The summed E-state index contributed by atoms with van der Waals surface area (Å²) in [6.45, 7) is 0. The number of H-pyrrole nitrogens is 1. The first-order valence-electron chi connectivity index (χ1n) is 9.17. The molecule has 0 aliphatic heterocycles. The first-order valence-corrected chi connectivity index (χ1v) is 9.17. The van der Waals surface area contributed by atoms with Crippen LogP contribution in [0.4, 0.5) is 5.69 Å². The van der Waals surface area contributed by atoms with Crippen LogP contribution >= 0.6 is 0 Å². The first kappa shape index (κ1) is 19.9. The highest BCUT2D eigenvalue weighted by atomic mass is 16.5. The second-order valence-corrected chi connectivity index (χ2v) is 6.41. The fourth-order valence-electron chi connectivity index (χ4n) is 3.29. The molecule has 0 spiro atoms. The van der Waals surface area contributed by atoms with Crippen molar-refractivity contribution in [1.29, 1.82) is 0 Å². The number of fused-ring (bicyclic) bond motifs is 1. The van der Waals surface area contributed by atoms with E-state index in [0.29, 0.717) is 16.9 Å². The van der Waals surface area contributed by atoms with Crippen LogP contribution in [0.15, 0.2) is 68.9 Å². The number of aromatic nitrogens is 2. The molecule has 0 unspecified atom stereocenters. The minimum absolute atomic E-state index is 0.0167. The molecule has 9 heteroatoms. The number of nitrogens with zero attached hydrogens (tertiary/aromatic N) is 1. The zero-order chi connectivity index (χ0) is 22.0. The third kappa shape index (κ3) is 3.52. The Kier molecular flexibility index (Phi) is 5.23. The van der Waals surface area contributed by atoms with E-state index < -0.39 is 17.1 Å². The number of benzene rings is 2. The quantitative estimate of drug-likeness (QED) is 0.510.